The summed E-state index contributed by atoms with van der Waals surface area (Å²) in [6.45, 7) is 10.5. The van der Waals surface area contributed by atoms with E-state index in [4.69, 9.17) is 14.2 Å². The number of carbonyl (C=O) groups is 3. The summed E-state index contributed by atoms with van der Waals surface area (Å²) in [7, 11) is 1.28. The van der Waals surface area contributed by atoms with Gasteiger partial charge in [0.2, 0.25) is 0 Å². The van der Waals surface area contributed by atoms with Gasteiger partial charge in [-0.25, -0.2) is 9.59 Å². The van der Waals surface area contributed by atoms with Gasteiger partial charge in [-0.1, -0.05) is 0 Å². The average molecular weight is 329 g/mol. The Bertz CT molecular complexity index is 438. The fourth-order valence-electron chi connectivity index (χ4n) is 2.29. The lowest BCUT2D eigenvalue weighted by Gasteiger charge is -2.29. The van der Waals surface area contributed by atoms with Gasteiger partial charge in [-0.05, 0) is 48.0 Å². The van der Waals surface area contributed by atoms with E-state index in [2.05, 4.69) is 0 Å². The molecule has 1 fully saturated rings. The largest absolute Gasteiger partial charge is 0.469 e. The van der Waals surface area contributed by atoms with Crippen LogP contribution in [0.1, 0.15) is 48.0 Å². The first-order valence-corrected chi connectivity index (χ1v) is 7.64. The lowest BCUT2D eigenvalue weighted by atomic mass is 10.1. The van der Waals surface area contributed by atoms with Gasteiger partial charge >= 0.3 is 18.0 Å². The molecule has 2 atom stereocenters. The van der Waals surface area contributed by atoms with E-state index in [0.29, 0.717) is 0 Å². The molecule has 1 heterocycles. The summed E-state index contributed by atoms with van der Waals surface area (Å²) in [4.78, 5) is 37.7. The fourth-order valence-corrected chi connectivity index (χ4v) is 2.29. The number of carbonyl (C=O) groups excluding carboxylic acids is 3. The third-order valence-electron chi connectivity index (χ3n) is 3.14. The highest BCUT2D eigenvalue weighted by molar-refractivity contribution is 5.85. The van der Waals surface area contributed by atoms with Crippen LogP contribution in [0.2, 0.25) is 0 Å². The van der Waals surface area contributed by atoms with Crippen molar-refractivity contribution in [2.24, 2.45) is 5.92 Å². The van der Waals surface area contributed by atoms with E-state index >= 15 is 0 Å². The second-order valence-corrected chi connectivity index (χ2v) is 7.64. The summed E-state index contributed by atoms with van der Waals surface area (Å²) in [6, 6.07) is -0.854. The average Bonchev–Trinajstić information content (AvgIpc) is 2.78. The van der Waals surface area contributed by atoms with Crippen molar-refractivity contribution in [2.75, 3.05) is 13.7 Å². The van der Waals surface area contributed by atoms with Gasteiger partial charge in [0.15, 0.2) is 0 Å². The summed E-state index contributed by atoms with van der Waals surface area (Å²) in [5, 5.41) is 0. The molecule has 132 valence electrons. The molecule has 23 heavy (non-hydrogen) atoms. The third-order valence-corrected chi connectivity index (χ3v) is 3.14. The number of methoxy groups -OCH3 is 1. The van der Waals surface area contributed by atoms with Gasteiger partial charge in [0.05, 0.1) is 13.0 Å². The van der Waals surface area contributed by atoms with Crippen molar-refractivity contribution in [1.29, 1.82) is 0 Å². The quantitative estimate of drug-likeness (QED) is 0.570. The van der Waals surface area contributed by atoms with Crippen LogP contribution >= 0.6 is 0 Å². The molecule has 0 bridgehead atoms. The normalized spacial score (nSPS) is 21.8. The van der Waals surface area contributed by atoms with Gasteiger partial charge < -0.3 is 14.2 Å². The Kier molecular flexibility index (Phi) is 5.66. The molecule has 7 heteroatoms. The maximum Gasteiger partial charge on any atom is 0.411 e. The standard InChI is InChI=1S/C16H27NO6/c1-15(2,3)22-13(19)11-8-10(12(18)21-7)9-17(11)14(20)23-16(4,5)6/h10-11H,8-9H2,1-7H3. The molecular weight excluding hydrogens is 302 g/mol. The molecule has 1 aliphatic rings. The highest BCUT2D eigenvalue weighted by Crippen LogP contribution is 2.28. The van der Waals surface area contributed by atoms with Crippen LogP contribution in [0, 0.1) is 5.92 Å². The Morgan fingerprint density at radius 3 is 1.87 bits per heavy atom. The molecule has 0 aromatic heterocycles. The van der Waals surface area contributed by atoms with Crippen LogP contribution in [-0.4, -0.2) is 53.8 Å². The minimum Gasteiger partial charge on any atom is -0.469 e. The number of amides is 1. The first kappa shape index (κ1) is 19.3. The molecule has 0 aliphatic carbocycles. The Balaban J connectivity index is 2.95. The predicted octanol–water partition coefficient (Wildman–Crippen LogP) is 2.13. The van der Waals surface area contributed by atoms with Crippen LogP contribution < -0.4 is 0 Å². The fraction of sp³-hybridized carbons (Fsp3) is 0.812. The third kappa shape index (κ3) is 5.73. The molecule has 0 aromatic carbocycles. The molecule has 0 saturated carbocycles. The van der Waals surface area contributed by atoms with Crippen molar-refractivity contribution >= 4 is 18.0 Å². The zero-order valence-electron chi connectivity index (χ0n) is 15.0. The molecule has 7 nitrogen and oxygen atoms in total. The van der Waals surface area contributed by atoms with E-state index in [0.717, 1.165) is 0 Å². The number of hydrogen-bond acceptors (Lipinski definition) is 6. The Morgan fingerprint density at radius 2 is 1.43 bits per heavy atom. The monoisotopic (exact) mass is 329 g/mol. The van der Waals surface area contributed by atoms with Crippen molar-refractivity contribution in [2.45, 2.75) is 65.2 Å². The summed E-state index contributed by atoms with van der Waals surface area (Å²) < 4.78 is 15.4. The lowest BCUT2D eigenvalue weighted by molar-refractivity contribution is -0.160. The zero-order chi connectivity index (χ0) is 18.0. The van der Waals surface area contributed by atoms with Gasteiger partial charge in [0, 0.05) is 6.54 Å². The van der Waals surface area contributed by atoms with Crippen molar-refractivity contribution < 1.29 is 28.6 Å². The topological polar surface area (TPSA) is 82.1 Å². The zero-order valence-corrected chi connectivity index (χ0v) is 15.0. The summed E-state index contributed by atoms with van der Waals surface area (Å²) in [6.07, 6.45) is -0.472. The molecule has 0 N–H and O–H groups in total. The molecule has 0 radical (unpaired) electrons. The second-order valence-electron chi connectivity index (χ2n) is 7.64. The summed E-state index contributed by atoms with van der Waals surface area (Å²) in [5.74, 6) is -1.57. The van der Waals surface area contributed by atoms with E-state index in [1.165, 1.54) is 12.0 Å². The molecule has 2 unspecified atom stereocenters. The van der Waals surface area contributed by atoms with Crippen molar-refractivity contribution in [3.8, 4) is 0 Å². The minimum absolute atomic E-state index is 0.0749. The van der Waals surface area contributed by atoms with Gasteiger partial charge in [-0.2, -0.15) is 0 Å². The van der Waals surface area contributed by atoms with Crippen LogP contribution in [0.5, 0.6) is 0 Å². The number of esters is 2. The smallest absolute Gasteiger partial charge is 0.411 e. The summed E-state index contributed by atoms with van der Waals surface area (Å²) >= 11 is 0. The van der Waals surface area contributed by atoms with Crippen LogP contribution in [0.25, 0.3) is 0 Å². The second kappa shape index (κ2) is 6.76. The molecule has 1 rings (SSSR count). The molecule has 1 saturated heterocycles. The van der Waals surface area contributed by atoms with E-state index in [-0.39, 0.29) is 13.0 Å². The Labute approximate surface area is 137 Å². The lowest BCUT2D eigenvalue weighted by Crippen LogP contribution is -2.45. The number of hydrogen-bond donors (Lipinski definition) is 0. The van der Waals surface area contributed by atoms with Gasteiger partial charge in [0.25, 0.3) is 0 Å². The van der Waals surface area contributed by atoms with Crippen LogP contribution in [-0.2, 0) is 23.8 Å². The minimum atomic E-state index is -0.854. The SMILES string of the molecule is COC(=O)C1CC(C(=O)OC(C)(C)C)N(C(=O)OC(C)(C)C)C1. The number of nitrogens with zero attached hydrogens (tertiary/aromatic N) is 1. The van der Waals surface area contributed by atoms with Crippen molar-refractivity contribution in [3.63, 3.8) is 0 Å². The highest BCUT2D eigenvalue weighted by Gasteiger charge is 2.46. The van der Waals surface area contributed by atoms with Crippen LogP contribution in [0.4, 0.5) is 4.79 Å². The maximum absolute atomic E-state index is 12.4. The number of rotatable bonds is 2. The van der Waals surface area contributed by atoms with Gasteiger partial charge in [-0.15, -0.1) is 0 Å². The molecule has 0 spiro atoms. The molecule has 1 aliphatic heterocycles. The number of ether oxygens (including phenoxy) is 3. The van der Waals surface area contributed by atoms with Crippen molar-refractivity contribution in [3.05, 3.63) is 0 Å². The van der Waals surface area contributed by atoms with E-state index < -0.39 is 41.2 Å². The van der Waals surface area contributed by atoms with Crippen LogP contribution in [0.3, 0.4) is 0 Å². The molecule has 1 amide bonds. The molecule has 0 aromatic rings. The summed E-state index contributed by atoms with van der Waals surface area (Å²) in [5.41, 5.74) is -1.38. The first-order chi connectivity index (χ1) is 10.3. The Morgan fingerprint density at radius 1 is 0.913 bits per heavy atom. The van der Waals surface area contributed by atoms with Gasteiger partial charge in [-0.3, -0.25) is 9.69 Å². The predicted molar refractivity (Wildman–Crippen MR) is 82.7 cm³/mol. The maximum atomic E-state index is 12.4. The first-order valence-electron chi connectivity index (χ1n) is 7.64. The van der Waals surface area contributed by atoms with E-state index in [9.17, 15) is 14.4 Å². The highest BCUT2D eigenvalue weighted by atomic mass is 16.6. The van der Waals surface area contributed by atoms with E-state index in [1.807, 2.05) is 0 Å². The molecular formula is C16H27NO6. The van der Waals surface area contributed by atoms with Crippen molar-refractivity contribution in [1.82, 2.24) is 4.90 Å². The van der Waals surface area contributed by atoms with Gasteiger partial charge in [0.1, 0.15) is 17.2 Å². The Hall–Kier alpha value is -1.79. The number of likely N-dealkylation sites (tertiary alicyclic amines) is 1. The van der Waals surface area contributed by atoms with Crippen LogP contribution in [0.15, 0.2) is 0 Å². The van der Waals surface area contributed by atoms with E-state index in [1.54, 1.807) is 41.5 Å².